The first-order chi connectivity index (χ1) is 10.8. The van der Waals surface area contributed by atoms with E-state index in [1.165, 1.54) is 30.4 Å². The number of nitrogens with zero attached hydrogens (tertiary/aromatic N) is 2. The minimum Gasteiger partial charge on any atom is -0.357 e. The maximum absolute atomic E-state index is 11.5. The summed E-state index contributed by atoms with van der Waals surface area (Å²) in [6, 6.07) is 10.6. The van der Waals surface area contributed by atoms with E-state index in [9.17, 15) is 4.79 Å². The molecule has 1 aromatic carbocycles. The lowest BCUT2D eigenvalue weighted by Gasteiger charge is -2.27. The van der Waals surface area contributed by atoms with Gasteiger partial charge in [0.2, 0.25) is 0 Å². The van der Waals surface area contributed by atoms with Crippen LogP contribution in [0.2, 0.25) is 0 Å². The quantitative estimate of drug-likeness (QED) is 0.850. The SMILES string of the molecule is O=C1Cc2ccc(-c3ccc(N4CCCCC4)nc3)cc2C1. The van der Waals surface area contributed by atoms with Crippen molar-refractivity contribution in [3.8, 4) is 11.1 Å². The van der Waals surface area contributed by atoms with Crippen molar-refractivity contribution < 1.29 is 4.79 Å². The van der Waals surface area contributed by atoms with Crippen molar-refractivity contribution in [1.82, 2.24) is 4.98 Å². The summed E-state index contributed by atoms with van der Waals surface area (Å²) in [6.45, 7) is 2.24. The van der Waals surface area contributed by atoms with Crippen molar-refractivity contribution in [1.29, 1.82) is 0 Å². The number of carbonyl (C=O) groups is 1. The number of benzene rings is 1. The van der Waals surface area contributed by atoms with Crippen LogP contribution in [0.5, 0.6) is 0 Å². The topological polar surface area (TPSA) is 33.2 Å². The zero-order valence-corrected chi connectivity index (χ0v) is 12.7. The van der Waals surface area contributed by atoms with Crippen LogP contribution in [-0.4, -0.2) is 23.9 Å². The molecule has 3 nitrogen and oxygen atoms in total. The number of rotatable bonds is 2. The van der Waals surface area contributed by atoms with Crippen molar-refractivity contribution in [2.75, 3.05) is 18.0 Å². The van der Waals surface area contributed by atoms with Crippen LogP contribution in [0.3, 0.4) is 0 Å². The van der Waals surface area contributed by atoms with E-state index in [1.807, 2.05) is 6.20 Å². The van der Waals surface area contributed by atoms with E-state index in [0.717, 1.165) is 30.0 Å². The van der Waals surface area contributed by atoms with Crippen molar-refractivity contribution in [3.05, 3.63) is 47.7 Å². The van der Waals surface area contributed by atoms with Crippen molar-refractivity contribution in [3.63, 3.8) is 0 Å². The number of anilines is 1. The monoisotopic (exact) mass is 292 g/mol. The molecular weight excluding hydrogens is 272 g/mol. The zero-order valence-electron chi connectivity index (χ0n) is 12.7. The van der Waals surface area contributed by atoms with Gasteiger partial charge in [0.25, 0.3) is 0 Å². The fourth-order valence-electron chi connectivity index (χ4n) is 3.50. The molecule has 2 aliphatic rings. The average Bonchev–Trinajstić information content (AvgIpc) is 2.95. The minimum absolute atomic E-state index is 0.325. The van der Waals surface area contributed by atoms with Crippen molar-refractivity contribution in [2.45, 2.75) is 32.1 Å². The van der Waals surface area contributed by atoms with Gasteiger partial charge in [0, 0.05) is 37.7 Å². The molecule has 1 aliphatic carbocycles. The first-order valence-corrected chi connectivity index (χ1v) is 8.14. The Morgan fingerprint density at radius 2 is 1.64 bits per heavy atom. The molecule has 112 valence electrons. The molecule has 0 radical (unpaired) electrons. The Hall–Kier alpha value is -2.16. The summed E-state index contributed by atoms with van der Waals surface area (Å²) in [6.07, 6.45) is 7.01. The molecule has 0 bridgehead atoms. The lowest BCUT2D eigenvalue weighted by atomic mass is 10.0. The van der Waals surface area contributed by atoms with Crippen LogP contribution in [0.15, 0.2) is 36.5 Å². The second kappa shape index (κ2) is 5.56. The number of hydrogen-bond acceptors (Lipinski definition) is 3. The molecule has 3 heteroatoms. The highest BCUT2D eigenvalue weighted by molar-refractivity contribution is 5.88. The van der Waals surface area contributed by atoms with Crippen LogP contribution >= 0.6 is 0 Å². The molecule has 0 spiro atoms. The lowest BCUT2D eigenvalue weighted by molar-refractivity contribution is -0.117. The molecule has 4 rings (SSSR count). The van der Waals surface area contributed by atoms with Gasteiger partial charge in [-0.1, -0.05) is 18.2 Å². The summed E-state index contributed by atoms with van der Waals surface area (Å²) < 4.78 is 0. The Morgan fingerprint density at radius 1 is 0.864 bits per heavy atom. The molecule has 1 aliphatic heterocycles. The molecule has 1 saturated heterocycles. The molecular formula is C19H20N2O. The maximum atomic E-state index is 11.5. The summed E-state index contributed by atoms with van der Waals surface area (Å²) in [5, 5.41) is 0. The van der Waals surface area contributed by atoms with Gasteiger partial charge >= 0.3 is 0 Å². The second-order valence-corrected chi connectivity index (χ2v) is 6.33. The predicted molar refractivity (Wildman–Crippen MR) is 88.2 cm³/mol. The number of fused-ring (bicyclic) bond motifs is 1. The van der Waals surface area contributed by atoms with Gasteiger partial charge in [-0.25, -0.2) is 4.98 Å². The molecule has 1 fully saturated rings. The van der Waals surface area contributed by atoms with Crippen LogP contribution in [-0.2, 0) is 17.6 Å². The summed E-state index contributed by atoms with van der Waals surface area (Å²) in [5.41, 5.74) is 4.66. The summed E-state index contributed by atoms with van der Waals surface area (Å²) in [7, 11) is 0. The zero-order chi connectivity index (χ0) is 14.9. The fourth-order valence-corrected chi connectivity index (χ4v) is 3.50. The highest BCUT2D eigenvalue weighted by Crippen LogP contribution is 2.27. The van der Waals surface area contributed by atoms with Crippen LogP contribution in [0, 0.1) is 0 Å². The van der Waals surface area contributed by atoms with Gasteiger partial charge in [0.15, 0.2) is 0 Å². The van der Waals surface area contributed by atoms with Gasteiger partial charge in [-0.15, -0.1) is 0 Å². The highest BCUT2D eigenvalue weighted by atomic mass is 16.1. The molecule has 22 heavy (non-hydrogen) atoms. The maximum Gasteiger partial charge on any atom is 0.141 e. The van der Waals surface area contributed by atoms with E-state index in [-0.39, 0.29) is 0 Å². The fraction of sp³-hybridized carbons (Fsp3) is 0.368. The third-order valence-corrected chi connectivity index (χ3v) is 4.74. The standard InChI is InChI=1S/C19H20N2O/c22-18-11-15-5-4-14(10-17(15)12-18)16-6-7-19(20-13-16)21-8-2-1-3-9-21/h4-7,10,13H,1-3,8-9,11-12H2. The van der Waals surface area contributed by atoms with Crippen LogP contribution in [0.4, 0.5) is 5.82 Å². The molecule has 0 amide bonds. The molecule has 0 N–H and O–H groups in total. The molecule has 2 heterocycles. The van der Waals surface area contributed by atoms with Gasteiger partial charge in [-0.3, -0.25) is 4.79 Å². The summed E-state index contributed by atoms with van der Waals surface area (Å²) in [4.78, 5) is 18.6. The molecule has 0 atom stereocenters. The number of ketones is 1. The van der Waals surface area contributed by atoms with Crippen molar-refractivity contribution in [2.24, 2.45) is 0 Å². The van der Waals surface area contributed by atoms with Crippen LogP contribution in [0.25, 0.3) is 11.1 Å². The first kappa shape index (κ1) is 13.5. The van der Waals surface area contributed by atoms with Crippen LogP contribution in [0.1, 0.15) is 30.4 Å². The number of aromatic nitrogens is 1. The van der Waals surface area contributed by atoms with E-state index in [1.54, 1.807) is 0 Å². The minimum atomic E-state index is 0.325. The number of Topliss-reactive ketones (excluding diaryl/α,β-unsaturated/α-hetero) is 1. The third kappa shape index (κ3) is 2.52. The largest absolute Gasteiger partial charge is 0.357 e. The van der Waals surface area contributed by atoms with Gasteiger partial charge in [-0.2, -0.15) is 0 Å². The Labute approximate surface area is 131 Å². The Morgan fingerprint density at radius 3 is 2.41 bits per heavy atom. The number of hydrogen-bond donors (Lipinski definition) is 0. The Bertz CT molecular complexity index is 700. The summed E-state index contributed by atoms with van der Waals surface area (Å²) in [5.74, 6) is 1.41. The smallest absolute Gasteiger partial charge is 0.141 e. The normalized spacial score (nSPS) is 17.6. The van der Waals surface area contributed by atoms with Gasteiger partial charge < -0.3 is 4.90 Å². The van der Waals surface area contributed by atoms with E-state index in [4.69, 9.17) is 0 Å². The lowest BCUT2D eigenvalue weighted by Crippen LogP contribution is -2.29. The first-order valence-electron chi connectivity index (χ1n) is 8.14. The van der Waals surface area contributed by atoms with Crippen molar-refractivity contribution >= 4 is 11.6 Å². The summed E-state index contributed by atoms with van der Waals surface area (Å²) >= 11 is 0. The second-order valence-electron chi connectivity index (χ2n) is 6.33. The third-order valence-electron chi connectivity index (χ3n) is 4.74. The van der Waals surface area contributed by atoms with Gasteiger partial charge in [-0.05, 0) is 48.1 Å². The predicted octanol–water partition coefficient (Wildman–Crippen LogP) is 3.41. The molecule has 1 aromatic heterocycles. The number of piperidine rings is 1. The Kier molecular flexibility index (Phi) is 3.41. The van der Waals surface area contributed by atoms with Crippen LogP contribution < -0.4 is 4.90 Å². The van der Waals surface area contributed by atoms with E-state index < -0.39 is 0 Å². The number of carbonyl (C=O) groups excluding carboxylic acids is 1. The van der Waals surface area contributed by atoms with E-state index >= 15 is 0 Å². The van der Waals surface area contributed by atoms with Gasteiger partial charge in [0.1, 0.15) is 11.6 Å². The highest BCUT2D eigenvalue weighted by Gasteiger charge is 2.18. The molecule has 0 saturated carbocycles. The van der Waals surface area contributed by atoms with E-state index in [0.29, 0.717) is 18.6 Å². The molecule has 2 aromatic rings. The number of pyridine rings is 1. The van der Waals surface area contributed by atoms with Gasteiger partial charge in [0.05, 0.1) is 0 Å². The average molecular weight is 292 g/mol. The van der Waals surface area contributed by atoms with E-state index in [2.05, 4.69) is 40.2 Å². The molecule has 0 unspecified atom stereocenters. The Balaban J connectivity index is 1.58.